The van der Waals surface area contributed by atoms with Gasteiger partial charge in [-0.05, 0) is 36.8 Å². The smallest absolute Gasteiger partial charge is 0.326 e. The number of amides is 1. The fourth-order valence-electron chi connectivity index (χ4n) is 2.56. The van der Waals surface area contributed by atoms with Gasteiger partial charge in [0.05, 0.1) is 27.1 Å². The summed E-state index contributed by atoms with van der Waals surface area (Å²) in [5, 5.41) is 3.75. The highest BCUT2D eigenvalue weighted by molar-refractivity contribution is 6.42. The molecule has 0 bridgehead atoms. The van der Waals surface area contributed by atoms with Crippen molar-refractivity contribution >= 4 is 40.1 Å². The van der Waals surface area contributed by atoms with Crippen LogP contribution in [0.1, 0.15) is 18.5 Å². The van der Waals surface area contributed by atoms with E-state index in [0.717, 1.165) is 5.56 Å². The maximum Gasteiger partial charge on any atom is 0.326 e. The van der Waals surface area contributed by atoms with Crippen molar-refractivity contribution < 1.29 is 4.79 Å². The van der Waals surface area contributed by atoms with Crippen molar-refractivity contribution in [1.29, 1.82) is 0 Å². The molecule has 124 valence electrons. The van der Waals surface area contributed by atoms with E-state index < -0.39 is 0 Å². The van der Waals surface area contributed by atoms with Gasteiger partial charge in [-0.15, -0.1) is 0 Å². The first-order valence-corrected chi connectivity index (χ1v) is 8.13. The van der Waals surface area contributed by atoms with E-state index in [2.05, 4.69) is 10.3 Å². The minimum absolute atomic E-state index is 0.0610. The minimum atomic E-state index is -0.312. The molecule has 24 heavy (non-hydrogen) atoms. The summed E-state index contributed by atoms with van der Waals surface area (Å²) in [6.07, 6.45) is 0. The summed E-state index contributed by atoms with van der Waals surface area (Å²) in [6, 6.07) is 12.2. The lowest BCUT2D eigenvalue weighted by Gasteiger charge is -2.15. The molecule has 1 aromatic heterocycles. The summed E-state index contributed by atoms with van der Waals surface area (Å²) in [6.45, 7) is 1.78. The van der Waals surface area contributed by atoms with E-state index in [0.29, 0.717) is 21.1 Å². The third-order valence-corrected chi connectivity index (χ3v) is 4.54. The van der Waals surface area contributed by atoms with E-state index in [1.807, 2.05) is 19.1 Å². The van der Waals surface area contributed by atoms with Crippen LogP contribution in [0.3, 0.4) is 0 Å². The molecule has 7 heteroatoms. The number of nitrogens with zero attached hydrogens (tertiary/aromatic N) is 1. The summed E-state index contributed by atoms with van der Waals surface area (Å²) >= 11 is 11.9. The maximum atomic E-state index is 12.3. The van der Waals surface area contributed by atoms with Gasteiger partial charge in [-0.1, -0.05) is 41.4 Å². The molecule has 3 aromatic rings. The molecule has 0 fully saturated rings. The fraction of sp³-hybridized carbons (Fsp3) is 0.176. The summed E-state index contributed by atoms with van der Waals surface area (Å²) in [4.78, 5) is 27.0. The van der Waals surface area contributed by atoms with Gasteiger partial charge < -0.3 is 10.3 Å². The van der Waals surface area contributed by atoms with Crippen LogP contribution < -0.4 is 11.0 Å². The van der Waals surface area contributed by atoms with Gasteiger partial charge in [0.1, 0.15) is 6.54 Å². The number of aromatic amines is 1. The number of fused-ring (bicyclic) bond motifs is 1. The molecule has 0 radical (unpaired) electrons. The number of imidazole rings is 1. The summed E-state index contributed by atoms with van der Waals surface area (Å²) in [5.74, 6) is -0.263. The van der Waals surface area contributed by atoms with Gasteiger partial charge >= 0.3 is 5.69 Å². The molecular formula is C17H15Cl2N3O2. The molecule has 2 N–H and O–H groups in total. The Balaban J connectivity index is 1.76. The van der Waals surface area contributed by atoms with E-state index in [4.69, 9.17) is 23.2 Å². The average molecular weight is 364 g/mol. The zero-order valence-electron chi connectivity index (χ0n) is 12.8. The van der Waals surface area contributed by atoms with Gasteiger partial charge in [-0.25, -0.2) is 4.79 Å². The van der Waals surface area contributed by atoms with Crippen LogP contribution in [0.4, 0.5) is 0 Å². The molecular weight excluding hydrogens is 349 g/mol. The standard InChI is InChI=1S/C17H15Cl2N3O2/c1-10(11-6-7-12(18)13(19)8-11)20-16(23)9-22-15-5-3-2-4-14(15)21-17(22)24/h2-8,10H,9H2,1H3,(H,20,23)(H,21,24). The van der Waals surface area contributed by atoms with E-state index in [1.54, 1.807) is 30.3 Å². The van der Waals surface area contributed by atoms with Crippen LogP contribution in [-0.4, -0.2) is 15.5 Å². The number of halogens is 2. The van der Waals surface area contributed by atoms with Crippen LogP contribution in [0, 0.1) is 0 Å². The van der Waals surface area contributed by atoms with Gasteiger partial charge in [-0.3, -0.25) is 9.36 Å². The molecule has 0 saturated carbocycles. The Bertz CT molecular complexity index is 962. The Morgan fingerprint density at radius 3 is 2.71 bits per heavy atom. The van der Waals surface area contributed by atoms with Gasteiger partial charge in [-0.2, -0.15) is 0 Å². The third-order valence-electron chi connectivity index (χ3n) is 3.80. The van der Waals surface area contributed by atoms with Crippen molar-refractivity contribution in [2.24, 2.45) is 0 Å². The average Bonchev–Trinajstić information content (AvgIpc) is 2.86. The fourth-order valence-corrected chi connectivity index (χ4v) is 2.87. The second kappa shape index (κ2) is 6.71. The van der Waals surface area contributed by atoms with Crippen LogP contribution in [0.5, 0.6) is 0 Å². The van der Waals surface area contributed by atoms with Crippen molar-refractivity contribution in [2.45, 2.75) is 19.5 Å². The molecule has 0 spiro atoms. The quantitative estimate of drug-likeness (QED) is 0.744. The molecule has 1 heterocycles. The Labute approximate surface area is 148 Å². The first-order valence-electron chi connectivity index (χ1n) is 7.37. The van der Waals surface area contributed by atoms with Crippen LogP contribution in [0.25, 0.3) is 11.0 Å². The van der Waals surface area contributed by atoms with Crippen molar-refractivity contribution in [3.05, 3.63) is 68.6 Å². The summed E-state index contributed by atoms with van der Waals surface area (Å²) in [5.41, 5.74) is 1.92. The SMILES string of the molecule is CC(NC(=O)Cn1c(=O)[nH]c2ccccc21)c1ccc(Cl)c(Cl)c1. The van der Waals surface area contributed by atoms with E-state index >= 15 is 0 Å². The maximum absolute atomic E-state index is 12.3. The molecule has 0 aliphatic heterocycles. The first kappa shape index (κ1) is 16.6. The normalized spacial score (nSPS) is 12.3. The second-order valence-electron chi connectivity index (χ2n) is 5.50. The first-order chi connectivity index (χ1) is 11.5. The van der Waals surface area contributed by atoms with Gasteiger partial charge in [0.2, 0.25) is 5.91 Å². The number of benzene rings is 2. The topological polar surface area (TPSA) is 66.9 Å². The Morgan fingerprint density at radius 2 is 1.96 bits per heavy atom. The Hall–Kier alpha value is -2.24. The number of para-hydroxylation sites is 2. The lowest BCUT2D eigenvalue weighted by atomic mass is 10.1. The molecule has 0 aliphatic carbocycles. The highest BCUT2D eigenvalue weighted by Crippen LogP contribution is 2.25. The van der Waals surface area contributed by atoms with Crippen LogP contribution in [0.2, 0.25) is 10.0 Å². The third kappa shape index (κ3) is 3.32. The molecule has 0 aliphatic rings. The predicted octanol–water partition coefficient (Wildman–Crippen LogP) is 3.51. The Morgan fingerprint density at radius 1 is 1.21 bits per heavy atom. The predicted molar refractivity (Wildman–Crippen MR) is 95.6 cm³/mol. The molecule has 1 unspecified atom stereocenters. The lowest BCUT2D eigenvalue weighted by molar-refractivity contribution is -0.122. The number of nitrogens with one attached hydrogen (secondary N) is 2. The van der Waals surface area contributed by atoms with E-state index in [9.17, 15) is 9.59 Å². The lowest BCUT2D eigenvalue weighted by Crippen LogP contribution is -2.33. The molecule has 1 atom stereocenters. The molecule has 5 nitrogen and oxygen atoms in total. The molecule has 2 aromatic carbocycles. The van der Waals surface area contributed by atoms with Crippen molar-refractivity contribution in [1.82, 2.24) is 14.9 Å². The molecule has 0 saturated heterocycles. The number of carbonyl (C=O) groups is 1. The van der Waals surface area contributed by atoms with Crippen LogP contribution in [-0.2, 0) is 11.3 Å². The van der Waals surface area contributed by atoms with Gasteiger partial charge in [0.15, 0.2) is 0 Å². The number of carbonyl (C=O) groups excluding carboxylic acids is 1. The monoisotopic (exact) mass is 363 g/mol. The highest BCUT2D eigenvalue weighted by Gasteiger charge is 2.14. The van der Waals surface area contributed by atoms with Crippen molar-refractivity contribution in [3.8, 4) is 0 Å². The van der Waals surface area contributed by atoms with Crippen LogP contribution >= 0.6 is 23.2 Å². The van der Waals surface area contributed by atoms with Crippen molar-refractivity contribution in [2.75, 3.05) is 0 Å². The van der Waals surface area contributed by atoms with E-state index in [1.165, 1.54) is 4.57 Å². The zero-order chi connectivity index (χ0) is 17.3. The van der Waals surface area contributed by atoms with E-state index in [-0.39, 0.29) is 24.2 Å². The van der Waals surface area contributed by atoms with Crippen LogP contribution in [0.15, 0.2) is 47.3 Å². The minimum Gasteiger partial charge on any atom is -0.348 e. The zero-order valence-corrected chi connectivity index (χ0v) is 14.4. The number of rotatable bonds is 4. The molecule has 1 amide bonds. The van der Waals surface area contributed by atoms with Gasteiger partial charge in [0.25, 0.3) is 0 Å². The Kier molecular flexibility index (Phi) is 4.64. The second-order valence-corrected chi connectivity index (χ2v) is 6.31. The number of aromatic nitrogens is 2. The van der Waals surface area contributed by atoms with Crippen molar-refractivity contribution in [3.63, 3.8) is 0 Å². The number of hydrogen-bond donors (Lipinski definition) is 2. The largest absolute Gasteiger partial charge is 0.348 e. The molecule has 3 rings (SSSR count). The number of hydrogen-bond acceptors (Lipinski definition) is 2. The summed E-state index contributed by atoms with van der Waals surface area (Å²) < 4.78 is 1.41. The van der Waals surface area contributed by atoms with Gasteiger partial charge in [0, 0.05) is 0 Å². The number of H-pyrrole nitrogens is 1. The highest BCUT2D eigenvalue weighted by atomic mass is 35.5. The summed E-state index contributed by atoms with van der Waals surface area (Å²) in [7, 11) is 0.